The van der Waals surface area contributed by atoms with Crippen molar-refractivity contribution in [1.29, 1.82) is 0 Å². The largest absolute Gasteiger partial charge is 0.322 e. The Balaban J connectivity index is 1.76. The number of halogens is 1. The molecule has 128 valence electrons. The number of nitrogens with zero attached hydrogens (tertiary/aromatic N) is 3. The van der Waals surface area contributed by atoms with Crippen molar-refractivity contribution in [2.75, 3.05) is 16.8 Å². The van der Waals surface area contributed by atoms with Gasteiger partial charge in [0.25, 0.3) is 5.91 Å². The van der Waals surface area contributed by atoms with Crippen LogP contribution in [-0.4, -0.2) is 53.5 Å². The number of rotatable bonds is 3. The predicted octanol–water partition coefficient (Wildman–Crippen LogP) is 0.695. The van der Waals surface area contributed by atoms with Crippen LogP contribution in [0.1, 0.15) is 13.3 Å². The van der Waals surface area contributed by atoms with E-state index < -0.39 is 33.6 Å². The minimum Gasteiger partial charge on any atom is -0.322 e. The van der Waals surface area contributed by atoms with Crippen LogP contribution in [0.4, 0.5) is 5.69 Å². The molecular weight excluding hydrogens is 356 g/mol. The van der Waals surface area contributed by atoms with E-state index in [9.17, 15) is 18.0 Å². The molecule has 1 saturated heterocycles. The van der Waals surface area contributed by atoms with E-state index in [1.807, 2.05) is 0 Å². The van der Waals surface area contributed by atoms with Crippen LogP contribution in [-0.2, 0) is 19.4 Å². The van der Waals surface area contributed by atoms with Gasteiger partial charge in [-0.25, -0.2) is 18.4 Å². The molecule has 1 N–H and O–H groups in total. The van der Waals surface area contributed by atoms with Crippen molar-refractivity contribution in [3.63, 3.8) is 0 Å². The molecule has 1 aromatic rings. The van der Waals surface area contributed by atoms with Gasteiger partial charge in [0.05, 0.1) is 28.9 Å². The third-order valence-corrected chi connectivity index (χ3v) is 6.04. The van der Waals surface area contributed by atoms with Crippen LogP contribution < -0.4 is 5.32 Å². The van der Waals surface area contributed by atoms with Gasteiger partial charge in [0.1, 0.15) is 0 Å². The first-order chi connectivity index (χ1) is 11.3. The molecule has 0 aliphatic carbocycles. The predicted molar refractivity (Wildman–Crippen MR) is 88.4 cm³/mol. The van der Waals surface area contributed by atoms with Crippen molar-refractivity contribution < 1.29 is 18.0 Å². The highest BCUT2D eigenvalue weighted by Crippen LogP contribution is 2.26. The molecular formula is C14H15ClN4O4S. The normalized spacial score (nSPS) is 25.7. The van der Waals surface area contributed by atoms with Gasteiger partial charge in [0.15, 0.2) is 20.9 Å². The molecule has 24 heavy (non-hydrogen) atoms. The van der Waals surface area contributed by atoms with Crippen LogP contribution in [0.3, 0.4) is 0 Å². The molecule has 2 aliphatic rings. The van der Waals surface area contributed by atoms with Crippen molar-refractivity contribution in [3.8, 4) is 0 Å². The minimum atomic E-state index is -3.16. The van der Waals surface area contributed by atoms with Gasteiger partial charge in [0, 0.05) is 6.20 Å². The number of pyridine rings is 1. The molecule has 0 radical (unpaired) electrons. The lowest BCUT2D eigenvalue weighted by atomic mass is 10.0. The zero-order valence-electron chi connectivity index (χ0n) is 12.8. The van der Waals surface area contributed by atoms with E-state index >= 15 is 0 Å². The molecule has 8 nitrogen and oxygen atoms in total. The summed E-state index contributed by atoms with van der Waals surface area (Å²) in [6, 6.07) is 2.66. The van der Waals surface area contributed by atoms with Gasteiger partial charge in [-0.15, -0.1) is 0 Å². The van der Waals surface area contributed by atoms with Crippen LogP contribution >= 0.6 is 11.6 Å². The Hall–Kier alpha value is -2.00. The molecule has 0 saturated carbocycles. The fourth-order valence-corrected chi connectivity index (χ4v) is 4.66. The standard InChI is InChI=1S/C14H15ClN4O4S/c1-8-11(13(20)17-10-3-2-5-16-12(10)15)14(21)19(18-8)9-4-6-24(22,23)7-9/h2-3,5,9,11H,4,6-7H2,1H3,(H,17,20)/t9-,11+/m1/s1. The lowest BCUT2D eigenvalue weighted by Gasteiger charge is -2.19. The second kappa shape index (κ2) is 6.14. The van der Waals surface area contributed by atoms with Crippen LogP contribution in [0.2, 0.25) is 5.15 Å². The fourth-order valence-electron chi connectivity index (χ4n) is 2.80. The van der Waals surface area contributed by atoms with E-state index in [2.05, 4.69) is 15.4 Å². The maximum absolute atomic E-state index is 12.5. The van der Waals surface area contributed by atoms with Crippen LogP contribution in [0.5, 0.6) is 0 Å². The SMILES string of the molecule is CC1=NN([C@@H]2CCS(=O)(=O)C2)C(=O)[C@@H]1C(=O)Nc1cccnc1Cl. The van der Waals surface area contributed by atoms with E-state index in [0.29, 0.717) is 17.8 Å². The number of hydrogen-bond donors (Lipinski definition) is 1. The average Bonchev–Trinajstić information content (AvgIpc) is 3.00. The molecule has 1 fully saturated rings. The number of hydrogen-bond acceptors (Lipinski definition) is 6. The molecule has 2 atom stereocenters. The smallest absolute Gasteiger partial charge is 0.261 e. The number of aromatic nitrogens is 1. The first kappa shape index (κ1) is 16.8. The average molecular weight is 371 g/mol. The first-order valence-electron chi connectivity index (χ1n) is 7.28. The number of sulfone groups is 1. The summed E-state index contributed by atoms with van der Waals surface area (Å²) in [6.07, 6.45) is 1.81. The number of carbonyl (C=O) groups excluding carboxylic acids is 2. The maximum Gasteiger partial charge on any atom is 0.261 e. The Morgan fingerprint density at radius 2 is 2.21 bits per heavy atom. The van der Waals surface area contributed by atoms with Gasteiger partial charge in [0.2, 0.25) is 5.91 Å². The summed E-state index contributed by atoms with van der Waals surface area (Å²) in [6.45, 7) is 1.57. The molecule has 2 aliphatic heterocycles. The quantitative estimate of drug-likeness (QED) is 0.622. The molecule has 0 spiro atoms. The van der Waals surface area contributed by atoms with Gasteiger partial charge in [-0.1, -0.05) is 11.6 Å². The zero-order chi connectivity index (χ0) is 17.5. The van der Waals surface area contributed by atoms with Crippen molar-refractivity contribution in [3.05, 3.63) is 23.5 Å². The number of nitrogens with one attached hydrogen (secondary N) is 1. The molecule has 0 aromatic carbocycles. The molecule has 0 bridgehead atoms. The van der Waals surface area contributed by atoms with Gasteiger partial charge >= 0.3 is 0 Å². The summed E-state index contributed by atoms with van der Waals surface area (Å²) >= 11 is 5.89. The van der Waals surface area contributed by atoms with Crippen LogP contribution in [0.15, 0.2) is 23.4 Å². The van der Waals surface area contributed by atoms with E-state index in [1.165, 1.54) is 6.20 Å². The van der Waals surface area contributed by atoms with Crippen molar-refractivity contribution >= 4 is 44.7 Å². The molecule has 2 amide bonds. The number of amides is 2. The number of hydrazone groups is 1. The summed E-state index contributed by atoms with van der Waals surface area (Å²) in [5, 5.41) is 7.92. The van der Waals surface area contributed by atoms with E-state index in [-0.39, 0.29) is 16.7 Å². The summed E-state index contributed by atoms with van der Waals surface area (Å²) in [5.74, 6) is -2.28. The number of anilines is 1. The zero-order valence-corrected chi connectivity index (χ0v) is 14.3. The van der Waals surface area contributed by atoms with E-state index in [1.54, 1.807) is 19.1 Å². The Kier molecular flexibility index (Phi) is 4.31. The van der Waals surface area contributed by atoms with Crippen LogP contribution in [0, 0.1) is 5.92 Å². The van der Waals surface area contributed by atoms with Crippen molar-refractivity contribution in [2.45, 2.75) is 19.4 Å². The highest BCUT2D eigenvalue weighted by atomic mass is 35.5. The summed E-state index contributed by atoms with van der Waals surface area (Å²) < 4.78 is 23.2. The highest BCUT2D eigenvalue weighted by molar-refractivity contribution is 7.91. The Morgan fingerprint density at radius 1 is 1.46 bits per heavy atom. The monoisotopic (exact) mass is 370 g/mol. The maximum atomic E-state index is 12.5. The highest BCUT2D eigenvalue weighted by Gasteiger charge is 2.44. The summed E-state index contributed by atoms with van der Waals surface area (Å²) in [7, 11) is -3.16. The van der Waals surface area contributed by atoms with E-state index in [0.717, 1.165) is 5.01 Å². The van der Waals surface area contributed by atoms with E-state index in [4.69, 9.17) is 11.6 Å². The lowest BCUT2D eigenvalue weighted by Crippen LogP contribution is -2.40. The van der Waals surface area contributed by atoms with Gasteiger partial charge in [-0.3, -0.25) is 9.59 Å². The van der Waals surface area contributed by atoms with Gasteiger partial charge in [-0.05, 0) is 25.5 Å². The molecule has 0 unspecified atom stereocenters. The third-order valence-electron chi connectivity index (χ3n) is 3.99. The second-order valence-corrected chi connectivity index (χ2v) is 8.33. The van der Waals surface area contributed by atoms with Gasteiger partial charge < -0.3 is 5.32 Å². The first-order valence-corrected chi connectivity index (χ1v) is 9.48. The molecule has 3 rings (SSSR count). The fraction of sp³-hybridized carbons (Fsp3) is 0.429. The van der Waals surface area contributed by atoms with Crippen molar-refractivity contribution in [1.82, 2.24) is 9.99 Å². The van der Waals surface area contributed by atoms with Gasteiger partial charge in [-0.2, -0.15) is 5.10 Å². The lowest BCUT2D eigenvalue weighted by molar-refractivity contribution is -0.137. The minimum absolute atomic E-state index is 0.0260. The Bertz CT molecular complexity index is 839. The Labute approximate surface area is 143 Å². The topological polar surface area (TPSA) is 109 Å². The molecule has 3 heterocycles. The number of carbonyl (C=O) groups is 2. The third kappa shape index (κ3) is 3.13. The molecule has 10 heteroatoms. The Morgan fingerprint density at radius 3 is 2.83 bits per heavy atom. The second-order valence-electron chi connectivity index (χ2n) is 5.75. The molecule has 1 aromatic heterocycles. The van der Waals surface area contributed by atoms with Crippen molar-refractivity contribution in [2.24, 2.45) is 11.0 Å². The summed E-state index contributed by atoms with van der Waals surface area (Å²) in [5.41, 5.74) is 0.619. The summed E-state index contributed by atoms with van der Waals surface area (Å²) in [4.78, 5) is 28.8. The van der Waals surface area contributed by atoms with Crippen LogP contribution in [0.25, 0.3) is 0 Å².